The Bertz CT molecular complexity index is 706. The van der Waals surface area contributed by atoms with Gasteiger partial charge >= 0.3 is 11.8 Å². The molecule has 0 aliphatic rings. The molecule has 5 nitrogen and oxygen atoms in total. The molecule has 0 saturated heterocycles. The summed E-state index contributed by atoms with van der Waals surface area (Å²) in [7, 11) is 0. The lowest BCUT2D eigenvalue weighted by molar-refractivity contribution is -0.133. The van der Waals surface area contributed by atoms with Crippen LogP contribution < -0.4 is 16.4 Å². The third-order valence-electron chi connectivity index (χ3n) is 2.57. The summed E-state index contributed by atoms with van der Waals surface area (Å²) >= 11 is 5.88. The first-order valence-electron chi connectivity index (χ1n) is 5.89. The highest BCUT2D eigenvalue weighted by Gasteiger charge is 2.16. The minimum Gasteiger partial charge on any atom is -0.399 e. The van der Waals surface area contributed by atoms with E-state index in [9.17, 15) is 14.0 Å². The van der Waals surface area contributed by atoms with Crippen molar-refractivity contribution >= 4 is 40.5 Å². The molecule has 0 aromatic heterocycles. The van der Waals surface area contributed by atoms with Crippen LogP contribution in [0.4, 0.5) is 21.5 Å². The van der Waals surface area contributed by atoms with Gasteiger partial charge < -0.3 is 16.4 Å². The fourth-order valence-corrected chi connectivity index (χ4v) is 1.79. The average molecular weight is 308 g/mol. The van der Waals surface area contributed by atoms with Gasteiger partial charge in [-0.1, -0.05) is 23.7 Å². The Morgan fingerprint density at radius 3 is 2.24 bits per heavy atom. The topological polar surface area (TPSA) is 84.2 Å². The van der Waals surface area contributed by atoms with Crippen LogP contribution in [-0.4, -0.2) is 11.8 Å². The Kier molecular flexibility index (Phi) is 4.39. The standard InChI is InChI=1S/C14H11ClFN3O2/c15-9-7-8(17)5-6-11(9)18-13(20)14(21)19-12-4-2-1-3-10(12)16/h1-7H,17H2,(H,18,20)(H,19,21). The maximum Gasteiger partial charge on any atom is 0.314 e. The summed E-state index contributed by atoms with van der Waals surface area (Å²) < 4.78 is 13.4. The van der Waals surface area contributed by atoms with Gasteiger partial charge in [0, 0.05) is 5.69 Å². The van der Waals surface area contributed by atoms with Gasteiger partial charge in [0.2, 0.25) is 0 Å². The number of hydrogen-bond donors (Lipinski definition) is 3. The predicted octanol–water partition coefficient (Wildman–Crippen LogP) is 2.64. The minimum absolute atomic E-state index is 0.0824. The molecule has 2 amide bonds. The van der Waals surface area contributed by atoms with Crippen LogP contribution in [0.1, 0.15) is 0 Å². The van der Waals surface area contributed by atoms with E-state index >= 15 is 0 Å². The summed E-state index contributed by atoms with van der Waals surface area (Å²) in [5, 5.41) is 4.68. The molecule has 0 saturated carbocycles. The third-order valence-corrected chi connectivity index (χ3v) is 2.88. The van der Waals surface area contributed by atoms with Gasteiger partial charge in [0.05, 0.1) is 16.4 Å². The van der Waals surface area contributed by atoms with E-state index < -0.39 is 17.6 Å². The van der Waals surface area contributed by atoms with Crippen LogP contribution in [0.25, 0.3) is 0 Å². The minimum atomic E-state index is -1.01. The SMILES string of the molecule is Nc1ccc(NC(=O)C(=O)Nc2ccccc2F)c(Cl)c1. The van der Waals surface area contributed by atoms with Crippen molar-refractivity contribution in [1.82, 2.24) is 0 Å². The highest BCUT2D eigenvalue weighted by molar-refractivity contribution is 6.44. The van der Waals surface area contributed by atoms with Gasteiger partial charge in [-0.25, -0.2) is 4.39 Å². The van der Waals surface area contributed by atoms with E-state index in [4.69, 9.17) is 17.3 Å². The van der Waals surface area contributed by atoms with Crippen molar-refractivity contribution in [3.8, 4) is 0 Å². The number of carbonyl (C=O) groups excluding carboxylic acids is 2. The lowest BCUT2D eigenvalue weighted by Gasteiger charge is -2.08. The predicted molar refractivity (Wildman–Crippen MR) is 79.5 cm³/mol. The van der Waals surface area contributed by atoms with Crippen LogP contribution in [0.15, 0.2) is 42.5 Å². The quantitative estimate of drug-likeness (QED) is 0.589. The zero-order valence-corrected chi connectivity index (χ0v) is 11.4. The lowest BCUT2D eigenvalue weighted by atomic mass is 10.2. The van der Waals surface area contributed by atoms with E-state index in [0.29, 0.717) is 5.69 Å². The van der Waals surface area contributed by atoms with Crippen LogP contribution in [-0.2, 0) is 9.59 Å². The highest BCUT2D eigenvalue weighted by atomic mass is 35.5. The second-order valence-electron chi connectivity index (χ2n) is 4.13. The molecule has 0 aliphatic heterocycles. The molecular weight excluding hydrogens is 297 g/mol. The third kappa shape index (κ3) is 3.70. The molecule has 0 aliphatic carbocycles. The molecule has 7 heteroatoms. The number of rotatable bonds is 2. The fourth-order valence-electron chi connectivity index (χ4n) is 1.55. The molecule has 0 unspecified atom stereocenters. The van der Waals surface area contributed by atoms with E-state index in [2.05, 4.69) is 10.6 Å². The van der Waals surface area contributed by atoms with E-state index in [-0.39, 0.29) is 16.4 Å². The number of anilines is 3. The van der Waals surface area contributed by atoms with Crippen molar-refractivity contribution in [3.63, 3.8) is 0 Å². The second kappa shape index (κ2) is 6.23. The van der Waals surface area contributed by atoms with Crippen molar-refractivity contribution in [2.45, 2.75) is 0 Å². The summed E-state index contributed by atoms with van der Waals surface area (Å²) in [6, 6.07) is 9.95. The fraction of sp³-hybridized carbons (Fsp3) is 0. The summed E-state index contributed by atoms with van der Waals surface area (Å²) in [5.41, 5.74) is 6.10. The number of para-hydroxylation sites is 1. The second-order valence-corrected chi connectivity index (χ2v) is 4.53. The normalized spacial score (nSPS) is 10.0. The molecule has 0 spiro atoms. The van der Waals surface area contributed by atoms with Gasteiger partial charge in [-0.2, -0.15) is 0 Å². The number of amides is 2. The number of nitrogen functional groups attached to an aromatic ring is 1. The smallest absolute Gasteiger partial charge is 0.314 e. The average Bonchev–Trinajstić information content (AvgIpc) is 2.44. The van der Waals surface area contributed by atoms with Gasteiger partial charge in [-0.05, 0) is 30.3 Å². The van der Waals surface area contributed by atoms with E-state index in [1.165, 1.54) is 42.5 Å². The first-order valence-corrected chi connectivity index (χ1v) is 6.27. The van der Waals surface area contributed by atoms with Gasteiger partial charge in [-0.3, -0.25) is 9.59 Å². The number of nitrogens with two attached hydrogens (primary N) is 1. The molecule has 0 bridgehead atoms. The first kappa shape index (κ1) is 14.8. The first-order chi connectivity index (χ1) is 9.97. The van der Waals surface area contributed by atoms with Crippen LogP contribution in [0.5, 0.6) is 0 Å². The zero-order valence-electron chi connectivity index (χ0n) is 10.7. The van der Waals surface area contributed by atoms with Gasteiger partial charge in [0.25, 0.3) is 0 Å². The van der Waals surface area contributed by atoms with Crippen molar-refractivity contribution in [2.75, 3.05) is 16.4 Å². The molecule has 0 atom stereocenters. The molecule has 2 rings (SSSR count). The Morgan fingerprint density at radius 1 is 1.00 bits per heavy atom. The van der Waals surface area contributed by atoms with E-state index in [1.54, 1.807) is 0 Å². The van der Waals surface area contributed by atoms with Gasteiger partial charge in [0.1, 0.15) is 5.82 Å². The van der Waals surface area contributed by atoms with Crippen molar-refractivity contribution in [3.05, 3.63) is 53.3 Å². The van der Waals surface area contributed by atoms with Crippen LogP contribution >= 0.6 is 11.6 Å². The number of carbonyl (C=O) groups is 2. The number of benzene rings is 2. The lowest BCUT2D eigenvalue weighted by Crippen LogP contribution is -2.29. The van der Waals surface area contributed by atoms with Gasteiger partial charge in [-0.15, -0.1) is 0 Å². The summed E-state index contributed by atoms with van der Waals surface area (Å²) in [6.45, 7) is 0. The van der Waals surface area contributed by atoms with Gasteiger partial charge in [0.15, 0.2) is 0 Å². The maximum atomic E-state index is 13.4. The zero-order chi connectivity index (χ0) is 15.4. The Hall–Kier alpha value is -2.60. The Balaban J connectivity index is 2.06. The Morgan fingerprint density at radius 2 is 1.62 bits per heavy atom. The van der Waals surface area contributed by atoms with Crippen molar-refractivity contribution in [1.29, 1.82) is 0 Å². The Labute approximate surface area is 124 Å². The van der Waals surface area contributed by atoms with Crippen LogP contribution in [0.2, 0.25) is 5.02 Å². The molecule has 21 heavy (non-hydrogen) atoms. The number of nitrogens with one attached hydrogen (secondary N) is 2. The van der Waals surface area contributed by atoms with E-state index in [1.807, 2.05) is 0 Å². The largest absolute Gasteiger partial charge is 0.399 e. The maximum absolute atomic E-state index is 13.4. The van der Waals surface area contributed by atoms with E-state index in [0.717, 1.165) is 0 Å². The summed E-state index contributed by atoms with van der Waals surface area (Å²) in [6.07, 6.45) is 0. The number of halogens is 2. The summed E-state index contributed by atoms with van der Waals surface area (Å²) in [4.78, 5) is 23.4. The molecular formula is C14H11ClFN3O2. The molecule has 2 aromatic rings. The van der Waals surface area contributed by atoms with Crippen LogP contribution in [0, 0.1) is 5.82 Å². The van der Waals surface area contributed by atoms with Crippen molar-refractivity contribution < 1.29 is 14.0 Å². The molecule has 0 radical (unpaired) electrons. The van der Waals surface area contributed by atoms with Crippen LogP contribution in [0.3, 0.4) is 0 Å². The van der Waals surface area contributed by atoms with Crippen molar-refractivity contribution in [2.24, 2.45) is 0 Å². The number of hydrogen-bond acceptors (Lipinski definition) is 3. The molecule has 108 valence electrons. The monoisotopic (exact) mass is 307 g/mol. The molecule has 4 N–H and O–H groups in total. The highest BCUT2D eigenvalue weighted by Crippen LogP contribution is 2.24. The summed E-state index contributed by atoms with van der Waals surface area (Å²) in [5.74, 6) is -2.61. The molecule has 0 heterocycles. The molecule has 0 fully saturated rings. The molecule has 2 aromatic carbocycles.